The van der Waals surface area contributed by atoms with Crippen LogP contribution >= 0.6 is 8.07 Å². The van der Waals surface area contributed by atoms with Gasteiger partial charge < -0.3 is 0 Å². The van der Waals surface area contributed by atoms with Crippen molar-refractivity contribution in [1.82, 2.24) is 19.8 Å². The Hall–Kier alpha value is 0.270. The van der Waals surface area contributed by atoms with Gasteiger partial charge in [0.15, 0.2) is 0 Å². The predicted molar refractivity (Wildman–Crippen MR) is 66.1 cm³/mol. The zero-order chi connectivity index (χ0) is 11.4. The molecule has 0 bridgehead atoms. The smallest absolute Gasteiger partial charge is 0.140 e. The molecule has 0 aromatic rings. The Balaban J connectivity index is 2.40. The lowest BCUT2D eigenvalue weighted by molar-refractivity contribution is -0.0634. The molecular formula is C10H23N4P. The summed E-state index contributed by atoms with van der Waals surface area (Å²) in [7, 11) is 13.2. The predicted octanol–water partition coefficient (Wildman–Crippen LogP) is 0.425. The van der Waals surface area contributed by atoms with Gasteiger partial charge in [0, 0.05) is 8.07 Å². The van der Waals surface area contributed by atoms with Crippen molar-refractivity contribution in [1.29, 1.82) is 0 Å². The monoisotopic (exact) mass is 230 g/mol. The molecule has 0 aromatic heterocycles. The highest BCUT2D eigenvalue weighted by molar-refractivity contribution is 7.65. The summed E-state index contributed by atoms with van der Waals surface area (Å²) in [6.45, 7) is 0. The van der Waals surface area contributed by atoms with Crippen LogP contribution in [0.1, 0.15) is 6.42 Å². The second kappa shape index (κ2) is 3.38. The van der Waals surface area contributed by atoms with Crippen molar-refractivity contribution >= 4 is 8.07 Å². The van der Waals surface area contributed by atoms with Crippen LogP contribution in [0.25, 0.3) is 0 Å². The summed E-state index contributed by atoms with van der Waals surface area (Å²) < 4.78 is 0. The number of fused-ring (bicyclic) bond motifs is 1. The average molecular weight is 230 g/mol. The summed E-state index contributed by atoms with van der Waals surface area (Å²) in [6.07, 6.45) is 2.60. The maximum Gasteiger partial charge on any atom is 0.140 e. The number of rotatable bonds is 3. The van der Waals surface area contributed by atoms with E-state index in [2.05, 4.69) is 62.1 Å². The number of nitrogens with one attached hydrogen (secondary N) is 1. The summed E-state index contributed by atoms with van der Waals surface area (Å²) in [5, 5.41) is 3.96. The zero-order valence-corrected chi connectivity index (χ0v) is 11.6. The van der Waals surface area contributed by atoms with Crippen LogP contribution in [0, 0.1) is 0 Å². The van der Waals surface area contributed by atoms with E-state index in [-0.39, 0.29) is 19.1 Å². The minimum Gasteiger partial charge on any atom is -0.288 e. The third-order valence-corrected chi connectivity index (χ3v) is 6.69. The Morgan fingerprint density at radius 1 is 0.933 bits per heavy atom. The van der Waals surface area contributed by atoms with Gasteiger partial charge in [0.1, 0.15) is 11.1 Å². The molecule has 0 aromatic carbocycles. The Labute approximate surface area is 94.4 Å². The van der Waals surface area contributed by atoms with Crippen molar-refractivity contribution in [2.75, 3.05) is 48.4 Å². The van der Waals surface area contributed by atoms with Gasteiger partial charge in [-0.05, 0) is 54.9 Å². The molecule has 15 heavy (non-hydrogen) atoms. The van der Waals surface area contributed by atoms with E-state index in [0.717, 1.165) is 0 Å². The standard InChI is InChI=1S/C10H23N4P/c1-12(2)9(13(3)4)7-8-15-10(9,11-15)14(5)6/h11H,7-8H2,1-6H3. The number of hydrogen-bond acceptors (Lipinski definition) is 4. The van der Waals surface area contributed by atoms with E-state index in [0.29, 0.717) is 0 Å². The first-order chi connectivity index (χ1) is 6.89. The summed E-state index contributed by atoms with van der Waals surface area (Å²) >= 11 is 0. The Kier molecular flexibility index (Phi) is 2.65. The SMILES string of the molecule is CN(C)C1(N(C)C)CCP2NC21N(C)C. The minimum atomic E-state index is 0.0177. The van der Waals surface area contributed by atoms with E-state index in [1.807, 2.05) is 0 Å². The molecule has 2 fully saturated rings. The summed E-state index contributed by atoms with van der Waals surface area (Å²) in [6, 6.07) is 0. The molecular weight excluding hydrogens is 207 g/mol. The van der Waals surface area contributed by atoms with Crippen molar-refractivity contribution in [3.8, 4) is 0 Å². The van der Waals surface area contributed by atoms with Gasteiger partial charge in [-0.3, -0.25) is 19.8 Å². The van der Waals surface area contributed by atoms with Gasteiger partial charge in [-0.15, -0.1) is 0 Å². The lowest BCUT2D eigenvalue weighted by atomic mass is 10.00. The molecule has 4 nitrogen and oxygen atoms in total. The molecule has 2 rings (SSSR count). The maximum absolute atomic E-state index is 3.74. The van der Waals surface area contributed by atoms with E-state index in [4.69, 9.17) is 0 Å². The first-order valence-corrected chi connectivity index (χ1v) is 7.00. The van der Waals surface area contributed by atoms with Gasteiger partial charge in [-0.2, -0.15) is 0 Å². The van der Waals surface area contributed by atoms with Gasteiger partial charge >= 0.3 is 0 Å². The normalized spacial score (nSPS) is 37.8. The fourth-order valence-electron chi connectivity index (χ4n) is 3.30. The largest absolute Gasteiger partial charge is 0.288 e. The molecule has 0 aliphatic carbocycles. The van der Waals surface area contributed by atoms with Crippen LogP contribution in [0.5, 0.6) is 0 Å². The molecule has 0 radical (unpaired) electrons. The van der Waals surface area contributed by atoms with E-state index < -0.39 is 0 Å². The molecule has 0 amide bonds. The third kappa shape index (κ3) is 1.20. The van der Waals surface area contributed by atoms with Crippen molar-refractivity contribution < 1.29 is 0 Å². The van der Waals surface area contributed by atoms with Crippen LogP contribution in [0.15, 0.2) is 0 Å². The molecule has 2 aliphatic heterocycles. The lowest BCUT2D eigenvalue weighted by Crippen LogP contribution is -2.68. The van der Waals surface area contributed by atoms with Gasteiger partial charge in [0.25, 0.3) is 0 Å². The van der Waals surface area contributed by atoms with Crippen LogP contribution in [0.2, 0.25) is 0 Å². The molecule has 1 N–H and O–H groups in total. The van der Waals surface area contributed by atoms with Crippen molar-refractivity contribution in [2.45, 2.75) is 17.5 Å². The average Bonchev–Trinajstić information content (AvgIpc) is 2.74. The Bertz CT molecular complexity index is 254. The summed E-state index contributed by atoms with van der Waals surface area (Å²) in [5.74, 6) is 0. The highest BCUT2D eigenvalue weighted by atomic mass is 31.1. The molecule has 2 aliphatic rings. The number of likely N-dealkylation sites (N-methyl/N-ethyl adjacent to an activating group) is 3. The highest BCUT2D eigenvalue weighted by Gasteiger charge is 2.74. The van der Waals surface area contributed by atoms with Crippen LogP contribution in [0.3, 0.4) is 0 Å². The minimum absolute atomic E-state index is 0.0177. The van der Waals surface area contributed by atoms with Crippen LogP contribution in [0.4, 0.5) is 0 Å². The first-order valence-electron chi connectivity index (χ1n) is 5.47. The number of hydrogen-bond donors (Lipinski definition) is 1. The fraction of sp³-hybridized carbons (Fsp3) is 1.00. The lowest BCUT2D eigenvalue weighted by Gasteiger charge is -2.49. The van der Waals surface area contributed by atoms with Crippen LogP contribution in [-0.4, -0.2) is 74.2 Å². The molecule has 0 spiro atoms. The molecule has 5 heteroatoms. The molecule has 2 atom stereocenters. The topological polar surface area (TPSA) is 31.7 Å². The molecule has 2 heterocycles. The molecule has 2 saturated heterocycles. The summed E-state index contributed by atoms with van der Waals surface area (Å²) in [4.78, 5) is 7.15. The third-order valence-electron chi connectivity index (χ3n) is 4.00. The van der Waals surface area contributed by atoms with Crippen molar-refractivity contribution in [3.05, 3.63) is 0 Å². The van der Waals surface area contributed by atoms with Crippen molar-refractivity contribution in [2.24, 2.45) is 0 Å². The van der Waals surface area contributed by atoms with Gasteiger partial charge in [-0.1, -0.05) is 0 Å². The molecule has 0 saturated carbocycles. The molecule has 2 unspecified atom stereocenters. The second-order valence-electron chi connectivity index (χ2n) is 5.19. The van der Waals surface area contributed by atoms with Crippen LogP contribution < -0.4 is 5.09 Å². The van der Waals surface area contributed by atoms with E-state index in [1.54, 1.807) is 0 Å². The first kappa shape index (κ1) is 11.7. The highest BCUT2D eigenvalue weighted by Crippen LogP contribution is 2.74. The van der Waals surface area contributed by atoms with Gasteiger partial charge in [0.2, 0.25) is 0 Å². The zero-order valence-electron chi connectivity index (χ0n) is 10.7. The van der Waals surface area contributed by atoms with Gasteiger partial charge in [0.05, 0.1) is 0 Å². The number of nitrogens with zero attached hydrogens (tertiary/aromatic N) is 3. The van der Waals surface area contributed by atoms with Crippen molar-refractivity contribution in [3.63, 3.8) is 0 Å². The van der Waals surface area contributed by atoms with E-state index in [1.165, 1.54) is 12.6 Å². The quantitative estimate of drug-likeness (QED) is 0.433. The van der Waals surface area contributed by atoms with E-state index >= 15 is 0 Å². The van der Waals surface area contributed by atoms with Crippen LogP contribution in [-0.2, 0) is 0 Å². The summed E-state index contributed by atoms with van der Waals surface area (Å²) in [5.41, 5.74) is 0.155. The Morgan fingerprint density at radius 3 is 1.73 bits per heavy atom. The second-order valence-corrected chi connectivity index (χ2v) is 7.36. The van der Waals surface area contributed by atoms with E-state index in [9.17, 15) is 0 Å². The maximum atomic E-state index is 3.74. The molecule has 88 valence electrons. The fourth-order valence-corrected chi connectivity index (χ4v) is 6.61. The van der Waals surface area contributed by atoms with Gasteiger partial charge in [-0.25, -0.2) is 0 Å². The Morgan fingerprint density at radius 2 is 1.47 bits per heavy atom.